The summed E-state index contributed by atoms with van der Waals surface area (Å²) < 4.78 is 13.4. The zero-order valence-corrected chi connectivity index (χ0v) is 9.74. The van der Waals surface area contributed by atoms with Gasteiger partial charge in [0.2, 0.25) is 11.8 Å². The smallest absolute Gasteiger partial charge is 0.239 e. The van der Waals surface area contributed by atoms with Crippen LogP contribution in [0.25, 0.3) is 0 Å². The molecule has 2 atom stereocenters. The number of β-amino-alcohol motifs (C(OH)–C–C–N with tert-alkyl or cyclic N) is 1. The predicted molar refractivity (Wildman–Crippen MR) is 62.3 cm³/mol. The summed E-state index contributed by atoms with van der Waals surface area (Å²) >= 11 is 0. The zero-order chi connectivity index (χ0) is 13.3. The number of nitrogens with one attached hydrogen (secondary N) is 2. The molecule has 1 aliphatic rings. The molecule has 1 aromatic carbocycles. The number of halogens is 1. The fraction of sp³-hybridized carbons (Fsp3) is 0.333. The molecule has 1 heterocycles. The van der Waals surface area contributed by atoms with Crippen LogP contribution in [0.5, 0.6) is 0 Å². The van der Waals surface area contributed by atoms with E-state index >= 15 is 0 Å². The van der Waals surface area contributed by atoms with E-state index in [2.05, 4.69) is 10.6 Å². The van der Waals surface area contributed by atoms with Crippen LogP contribution in [0.3, 0.4) is 0 Å². The third kappa shape index (κ3) is 2.33. The van der Waals surface area contributed by atoms with Gasteiger partial charge in [-0.25, -0.2) is 4.39 Å². The second-order valence-corrected chi connectivity index (χ2v) is 4.26. The van der Waals surface area contributed by atoms with Crippen molar-refractivity contribution in [2.75, 3.05) is 11.9 Å². The van der Waals surface area contributed by atoms with Gasteiger partial charge in [0, 0.05) is 6.54 Å². The summed E-state index contributed by atoms with van der Waals surface area (Å²) in [7, 11) is 0. The lowest BCUT2D eigenvalue weighted by Crippen LogP contribution is -2.35. The molecular formula is C12H13FN2O3. The normalized spacial score (nSPS) is 22.7. The lowest BCUT2D eigenvalue weighted by atomic mass is 10.0. The maximum atomic E-state index is 13.4. The van der Waals surface area contributed by atoms with Gasteiger partial charge in [-0.2, -0.15) is 0 Å². The minimum absolute atomic E-state index is 0.00639. The van der Waals surface area contributed by atoms with E-state index in [0.29, 0.717) is 0 Å². The maximum Gasteiger partial charge on any atom is 0.239 e. The number of carbonyl (C=O) groups is 2. The van der Waals surface area contributed by atoms with Gasteiger partial charge in [0.1, 0.15) is 11.7 Å². The highest BCUT2D eigenvalue weighted by atomic mass is 19.1. The summed E-state index contributed by atoms with van der Waals surface area (Å²) in [5.74, 6) is -3.03. The van der Waals surface area contributed by atoms with Gasteiger partial charge in [-0.1, -0.05) is 6.07 Å². The van der Waals surface area contributed by atoms with Crippen LogP contribution >= 0.6 is 0 Å². The molecule has 0 spiro atoms. The molecule has 0 aromatic heterocycles. The fourth-order valence-corrected chi connectivity index (χ4v) is 1.85. The monoisotopic (exact) mass is 252 g/mol. The molecule has 2 unspecified atom stereocenters. The molecule has 5 nitrogen and oxygen atoms in total. The van der Waals surface area contributed by atoms with E-state index in [0.717, 1.165) is 5.56 Å². The van der Waals surface area contributed by atoms with Crippen LogP contribution in [0.2, 0.25) is 0 Å². The molecule has 0 saturated carbocycles. The predicted octanol–water partition coefficient (Wildman–Crippen LogP) is 0.180. The summed E-state index contributed by atoms with van der Waals surface area (Å²) in [6.45, 7) is 1.79. The summed E-state index contributed by atoms with van der Waals surface area (Å²) in [5.41, 5.74) is 0.787. The highest BCUT2D eigenvalue weighted by Crippen LogP contribution is 2.18. The Morgan fingerprint density at radius 3 is 2.89 bits per heavy atom. The molecule has 6 heteroatoms. The van der Waals surface area contributed by atoms with Crippen molar-refractivity contribution in [3.05, 3.63) is 29.6 Å². The number of carbonyl (C=O) groups excluding carboxylic acids is 2. The average molecular weight is 252 g/mol. The van der Waals surface area contributed by atoms with Crippen molar-refractivity contribution in [1.82, 2.24) is 5.32 Å². The zero-order valence-electron chi connectivity index (χ0n) is 9.74. The van der Waals surface area contributed by atoms with Crippen LogP contribution in [-0.4, -0.2) is 29.6 Å². The second-order valence-electron chi connectivity index (χ2n) is 4.26. The number of hydrogen-bond donors (Lipinski definition) is 3. The third-order valence-electron chi connectivity index (χ3n) is 2.81. The number of rotatable bonds is 2. The molecule has 0 radical (unpaired) electrons. The van der Waals surface area contributed by atoms with Crippen LogP contribution in [-0.2, 0) is 9.59 Å². The van der Waals surface area contributed by atoms with Crippen LogP contribution in [0.1, 0.15) is 5.56 Å². The SMILES string of the molecule is Cc1ccc(F)c(NC(=O)C2C(=O)NCC2O)c1. The van der Waals surface area contributed by atoms with Gasteiger partial charge < -0.3 is 15.7 Å². The van der Waals surface area contributed by atoms with Gasteiger partial charge in [-0.05, 0) is 24.6 Å². The Labute approximate surface area is 103 Å². The molecule has 2 rings (SSSR count). The van der Waals surface area contributed by atoms with E-state index in [1.807, 2.05) is 0 Å². The van der Waals surface area contributed by atoms with Crippen LogP contribution < -0.4 is 10.6 Å². The lowest BCUT2D eigenvalue weighted by Gasteiger charge is -2.12. The largest absolute Gasteiger partial charge is 0.390 e. The first-order valence-electron chi connectivity index (χ1n) is 5.52. The molecule has 0 aliphatic carbocycles. The number of amides is 2. The van der Waals surface area contributed by atoms with Crippen molar-refractivity contribution in [2.24, 2.45) is 5.92 Å². The van der Waals surface area contributed by atoms with E-state index < -0.39 is 29.7 Å². The minimum atomic E-state index is -1.19. The Morgan fingerprint density at radius 2 is 2.28 bits per heavy atom. The Bertz CT molecular complexity index is 504. The fourth-order valence-electron chi connectivity index (χ4n) is 1.85. The maximum absolute atomic E-state index is 13.4. The quantitative estimate of drug-likeness (QED) is 0.657. The van der Waals surface area contributed by atoms with Crippen molar-refractivity contribution < 1.29 is 19.1 Å². The first kappa shape index (κ1) is 12.5. The first-order valence-corrected chi connectivity index (χ1v) is 5.52. The number of aliphatic hydroxyl groups is 1. The van der Waals surface area contributed by atoms with Gasteiger partial charge >= 0.3 is 0 Å². The summed E-state index contributed by atoms with van der Waals surface area (Å²) in [6, 6.07) is 4.27. The van der Waals surface area contributed by atoms with Crippen molar-refractivity contribution >= 4 is 17.5 Å². The van der Waals surface area contributed by atoms with E-state index in [1.54, 1.807) is 13.0 Å². The Kier molecular flexibility index (Phi) is 3.29. The Morgan fingerprint density at radius 1 is 1.56 bits per heavy atom. The van der Waals surface area contributed by atoms with Gasteiger partial charge in [-0.15, -0.1) is 0 Å². The van der Waals surface area contributed by atoms with Gasteiger partial charge in [0.25, 0.3) is 0 Å². The van der Waals surface area contributed by atoms with Crippen molar-refractivity contribution in [1.29, 1.82) is 0 Å². The second kappa shape index (κ2) is 4.73. The molecule has 1 aliphatic heterocycles. The number of hydrogen-bond acceptors (Lipinski definition) is 3. The molecule has 18 heavy (non-hydrogen) atoms. The van der Waals surface area contributed by atoms with E-state index in [9.17, 15) is 19.1 Å². The highest BCUT2D eigenvalue weighted by Gasteiger charge is 2.39. The van der Waals surface area contributed by atoms with E-state index in [1.165, 1.54) is 12.1 Å². The van der Waals surface area contributed by atoms with Crippen LogP contribution in [0.4, 0.5) is 10.1 Å². The van der Waals surface area contributed by atoms with Crippen molar-refractivity contribution in [3.63, 3.8) is 0 Å². The number of benzene rings is 1. The molecule has 3 N–H and O–H groups in total. The Hall–Kier alpha value is -1.95. The molecular weight excluding hydrogens is 239 g/mol. The third-order valence-corrected chi connectivity index (χ3v) is 2.81. The number of anilines is 1. The summed E-state index contributed by atoms with van der Waals surface area (Å²) in [4.78, 5) is 23.1. The van der Waals surface area contributed by atoms with Gasteiger partial charge in [-0.3, -0.25) is 9.59 Å². The molecule has 1 saturated heterocycles. The summed E-state index contributed by atoms with van der Waals surface area (Å²) in [6.07, 6.45) is -1.08. The van der Waals surface area contributed by atoms with Crippen molar-refractivity contribution in [3.8, 4) is 0 Å². The first-order chi connectivity index (χ1) is 8.49. The molecule has 1 fully saturated rings. The Balaban J connectivity index is 2.16. The molecule has 96 valence electrons. The average Bonchev–Trinajstić information content (AvgIpc) is 2.63. The van der Waals surface area contributed by atoms with E-state index in [-0.39, 0.29) is 12.2 Å². The molecule has 2 amide bonds. The lowest BCUT2D eigenvalue weighted by molar-refractivity contribution is -0.132. The minimum Gasteiger partial charge on any atom is -0.390 e. The molecule has 1 aromatic rings. The van der Waals surface area contributed by atoms with Crippen LogP contribution in [0.15, 0.2) is 18.2 Å². The highest BCUT2D eigenvalue weighted by molar-refractivity contribution is 6.08. The summed E-state index contributed by atoms with van der Waals surface area (Å²) in [5, 5.41) is 14.2. The standard InChI is InChI=1S/C12H13FN2O3/c1-6-2-3-7(13)8(4-6)15-12(18)10-9(16)5-14-11(10)17/h2-4,9-10,16H,5H2,1H3,(H,14,17)(H,15,18). The van der Waals surface area contributed by atoms with Crippen LogP contribution in [0, 0.1) is 18.7 Å². The van der Waals surface area contributed by atoms with E-state index in [4.69, 9.17) is 0 Å². The number of aryl methyl sites for hydroxylation is 1. The topological polar surface area (TPSA) is 78.4 Å². The van der Waals surface area contributed by atoms with Gasteiger partial charge in [0.05, 0.1) is 11.8 Å². The molecule has 0 bridgehead atoms. The number of aliphatic hydroxyl groups excluding tert-OH is 1. The van der Waals surface area contributed by atoms with Gasteiger partial charge in [0.15, 0.2) is 0 Å². The van der Waals surface area contributed by atoms with Crippen molar-refractivity contribution in [2.45, 2.75) is 13.0 Å².